The van der Waals surface area contributed by atoms with Crippen molar-refractivity contribution in [1.82, 2.24) is 14.9 Å². The van der Waals surface area contributed by atoms with Gasteiger partial charge < -0.3 is 9.88 Å². The van der Waals surface area contributed by atoms with Crippen molar-refractivity contribution in [1.29, 1.82) is 0 Å². The van der Waals surface area contributed by atoms with Crippen LogP contribution in [0.4, 0.5) is 4.39 Å². The molecule has 0 amide bonds. The molecule has 0 saturated heterocycles. The van der Waals surface area contributed by atoms with Crippen LogP contribution in [-0.4, -0.2) is 16.1 Å². The number of hydrogen-bond donors (Lipinski definition) is 1. The first kappa shape index (κ1) is 11.4. The highest BCUT2D eigenvalue weighted by atomic mass is 19.1. The molecule has 1 aromatic heterocycles. The Bertz CT molecular complexity index is 548. The molecular formula is C14H16FN3. The first-order valence-corrected chi connectivity index (χ1v) is 6.32. The fraction of sp³-hybridized carbons (Fsp3) is 0.357. The van der Waals surface area contributed by atoms with Crippen molar-refractivity contribution in [3.63, 3.8) is 0 Å². The van der Waals surface area contributed by atoms with E-state index in [1.165, 1.54) is 11.8 Å². The lowest BCUT2D eigenvalue weighted by Crippen LogP contribution is -2.32. The summed E-state index contributed by atoms with van der Waals surface area (Å²) in [6, 6.07) is 6.84. The Labute approximate surface area is 106 Å². The molecule has 0 bridgehead atoms. The van der Waals surface area contributed by atoms with E-state index in [4.69, 9.17) is 0 Å². The lowest BCUT2D eigenvalue weighted by atomic mass is 9.97. The highest BCUT2D eigenvalue weighted by Gasteiger charge is 2.25. The molecule has 2 heterocycles. The van der Waals surface area contributed by atoms with Gasteiger partial charge in [0.1, 0.15) is 5.82 Å². The SMILES string of the molecule is CCn1cnc2c1C(c1cccc(F)c1)NCC2. The van der Waals surface area contributed by atoms with Crippen LogP contribution in [0.15, 0.2) is 30.6 Å². The van der Waals surface area contributed by atoms with E-state index in [0.717, 1.165) is 30.8 Å². The molecule has 94 valence electrons. The van der Waals surface area contributed by atoms with Gasteiger partial charge >= 0.3 is 0 Å². The van der Waals surface area contributed by atoms with Gasteiger partial charge in [0, 0.05) is 19.5 Å². The molecule has 0 aliphatic carbocycles. The molecule has 3 rings (SSSR count). The molecule has 1 aliphatic rings. The summed E-state index contributed by atoms with van der Waals surface area (Å²) in [7, 11) is 0. The maximum absolute atomic E-state index is 13.4. The van der Waals surface area contributed by atoms with Crippen LogP contribution in [0.3, 0.4) is 0 Å². The number of halogens is 1. The van der Waals surface area contributed by atoms with E-state index in [2.05, 4.69) is 21.8 Å². The fourth-order valence-corrected chi connectivity index (χ4v) is 2.60. The number of aromatic nitrogens is 2. The van der Waals surface area contributed by atoms with E-state index < -0.39 is 0 Å². The molecule has 1 aliphatic heterocycles. The molecule has 0 saturated carbocycles. The van der Waals surface area contributed by atoms with Gasteiger partial charge in [-0.3, -0.25) is 0 Å². The predicted molar refractivity (Wildman–Crippen MR) is 67.9 cm³/mol. The van der Waals surface area contributed by atoms with Gasteiger partial charge in [0.05, 0.1) is 23.8 Å². The second-order valence-electron chi connectivity index (χ2n) is 4.55. The number of aryl methyl sites for hydroxylation is 1. The first-order valence-electron chi connectivity index (χ1n) is 6.32. The van der Waals surface area contributed by atoms with Crippen LogP contribution < -0.4 is 5.32 Å². The molecule has 18 heavy (non-hydrogen) atoms. The Morgan fingerprint density at radius 1 is 1.50 bits per heavy atom. The Hall–Kier alpha value is -1.68. The molecule has 2 aromatic rings. The number of imidazole rings is 1. The summed E-state index contributed by atoms with van der Waals surface area (Å²) in [5.74, 6) is -0.191. The van der Waals surface area contributed by atoms with Gasteiger partial charge in [-0.2, -0.15) is 0 Å². The lowest BCUT2D eigenvalue weighted by molar-refractivity contribution is 0.520. The van der Waals surface area contributed by atoms with Gasteiger partial charge in [0.25, 0.3) is 0 Å². The van der Waals surface area contributed by atoms with Gasteiger partial charge in [-0.1, -0.05) is 12.1 Å². The zero-order valence-corrected chi connectivity index (χ0v) is 10.4. The molecule has 0 radical (unpaired) electrons. The third kappa shape index (κ3) is 1.82. The minimum atomic E-state index is -0.191. The van der Waals surface area contributed by atoms with Crippen LogP contribution in [0.1, 0.15) is 29.9 Å². The predicted octanol–water partition coefficient (Wildman–Crippen LogP) is 2.28. The summed E-state index contributed by atoms with van der Waals surface area (Å²) in [6.07, 6.45) is 2.82. The topological polar surface area (TPSA) is 29.9 Å². The van der Waals surface area contributed by atoms with Crippen molar-refractivity contribution in [3.8, 4) is 0 Å². The highest BCUT2D eigenvalue weighted by Crippen LogP contribution is 2.28. The Morgan fingerprint density at radius 3 is 3.17 bits per heavy atom. The fourth-order valence-electron chi connectivity index (χ4n) is 2.60. The summed E-state index contributed by atoms with van der Waals surface area (Å²) >= 11 is 0. The van der Waals surface area contributed by atoms with E-state index in [1.807, 2.05) is 12.4 Å². The molecule has 0 spiro atoms. The quantitative estimate of drug-likeness (QED) is 0.879. The van der Waals surface area contributed by atoms with Crippen LogP contribution in [0.2, 0.25) is 0 Å². The smallest absolute Gasteiger partial charge is 0.123 e. The normalized spacial score (nSPS) is 18.7. The van der Waals surface area contributed by atoms with Gasteiger partial charge in [-0.15, -0.1) is 0 Å². The third-order valence-electron chi connectivity index (χ3n) is 3.46. The van der Waals surface area contributed by atoms with Crippen molar-refractivity contribution < 1.29 is 4.39 Å². The Kier molecular flexibility index (Phi) is 2.88. The number of hydrogen-bond acceptors (Lipinski definition) is 2. The zero-order chi connectivity index (χ0) is 12.5. The average molecular weight is 245 g/mol. The van der Waals surface area contributed by atoms with Gasteiger partial charge in [0.2, 0.25) is 0 Å². The molecule has 3 nitrogen and oxygen atoms in total. The summed E-state index contributed by atoms with van der Waals surface area (Å²) in [5, 5.41) is 3.45. The number of rotatable bonds is 2. The maximum atomic E-state index is 13.4. The molecule has 1 atom stereocenters. The van der Waals surface area contributed by atoms with E-state index in [1.54, 1.807) is 12.1 Å². The monoisotopic (exact) mass is 245 g/mol. The molecule has 0 fully saturated rings. The lowest BCUT2D eigenvalue weighted by Gasteiger charge is -2.26. The van der Waals surface area contributed by atoms with Crippen molar-refractivity contribution in [2.24, 2.45) is 0 Å². The molecule has 1 unspecified atom stereocenters. The molecule has 1 aromatic carbocycles. The van der Waals surface area contributed by atoms with Crippen LogP contribution >= 0.6 is 0 Å². The zero-order valence-electron chi connectivity index (χ0n) is 10.4. The standard InChI is InChI=1S/C14H16FN3/c1-2-18-9-17-12-6-7-16-13(14(12)18)10-4-3-5-11(15)8-10/h3-5,8-9,13,16H,2,6-7H2,1H3. The van der Waals surface area contributed by atoms with Crippen LogP contribution in [0, 0.1) is 5.82 Å². The van der Waals surface area contributed by atoms with Gasteiger partial charge in [0.15, 0.2) is 0 Å². The Balaban J connectivity index is 2.07. The highest BCUT2D eigenvalue weighted by molar-refractivity contribution is 5.33. The number of nitrogens with zero attached hydrogens (tertiary/aromatic N) is 2. The first-order chi connectivity index (χ1) is 8.79. The summed E-state index contributed by atoms with van der Waals surface area (Å²) in [6.45, 7) is 3.87. The largest absolute Gasteiger partial charge is 0.333 e. The van der Waals surface area contributed by atoms with Crippen molar-refractivity contribution in [3.05, 3.63) is 53.4 Å². The van der Waals surface area contributed by atoms with E-state index in [-0.39, 0.29) is 11.9 Å². The van der Waals surface area contributed by atoms with E-state index in [9.17, 15) is 4.39 Å². The number of nitrogens with one attached hydrogen (secondary N) is 1. The summed E-state index contributed by atoms with van der Waals surface area (Å²) in [4.78, 5) is 4.45. The second kappa shape index (κ2) is 4.53. The molecular weight excluding hydrogens is 229 g/mol. The van der Waals surface area contributed by atoms with Crippen LogP contribution in [0.5, 0.6) is 0 Å². The third-order valence-corrected chi connectivity index (χ3v) is 3.46. The average Bonchev–Trinajstić information content (AvgIpc) is 2.81. The van der Waals surface area contributed by atoms with Gasteiger partial charge in [-0.25, -0.2) is 9.37 Å². The number of fused-ring (bicyclic) bond motifs is 1. The minimum Gasteiger partial charge on any atom is -0.333 e. The van der Waals surface area contributed by atoms with Crippen molar-refractivity contribution in [2.45, 2.75) is 25.9 Å². The molecule has 4 heteroatoms. The summed E-state index contributed by atoms with van der Waals surface area (Å²) in [5.41, 5.74) is 3.27. The van der Waals surface area contributed by atoms with Gasteiger partial charge in [-0.05, 0) is 24.6 Å². The minimum absolute atomic E-state index is 0.0481. The van der Waals surface area contributed by atoms with Crippen molar-refractivity contribution >= 4 is 0 Å². The maximum Gasteiger partial charge on any atom is 0.123 e. The van der Waals surface area contributed by atoms with E-state index >= 15 is 0 Å². The number of benzene rings is 1. The molecule has 1 N–H and O–H groups in total. The van der Waals surface area contributed by atoms with Crippen LogP contribution in [-0.2, 0) is 13.0 Å². The van der Waals surface area contributed by atoms with Crippen molar-refractivity contribution in [2.75, 3.05) is 6.54 Å². The van der Waals surface area contributed by atoms with E-state index in [0.29, 0.717) is 0 Å². The summed E-state index contributed by atoms with van der Waals surface area (Å²) < 4.78 is 15.5. The van der Waals surface area contributed by atoms with Crippen LogP contribution in [0.25, 0.3) is 0 Å². The second-order valence-corrected chi connectivity index (χ2v) is 4.55. The Morgan fingerprint density at radius 2 is 2.39 bits per heavy atom.